The molecule has 1 saturated heterocycles. The van der Waals surface area contributed by atoms with Gasteiger partial charge in [-0.05, 0) is 25.3 Å². The van der Waals surface area contributed by atoms with E-state index >= 15 is 0 Å². The van der Waals surface area contributed by atoms with E-state index in [9.17, 15) is 9.59 Å². The first kappa shape index (κ1) is 17.7. The zero-order valence-corrected chi connectivity index (χ0v) is 14.9. The second kappa shape index (κ2) is 7.83. The van der Waals surface area contributed by atoms with Crippen LogP contribution in [0.4, 0.5) is 0 Å². The molecule has 1 fully saturated rings. The first-order valence-electron chi connectivity index (χ1n) is 9.07. The summed E-state index contributed by atoms with van der Waals surface area (Å²) >= 11 is 0. The van der Waals surface area contributed by atoms with Crippen molar-refractivity contribution in [2.75, 3.05) is 32.7 Å². The highest BCUT2D eigenvalue weighted by molar-refractivity contribution is 5.89. The molecule has 1 unspecified atom stereocenters. The second-order valence-corrected chi connectivity index (χ2v) is 7.18. The number of benzene rings is 1. The monoisotopic (exact) mass is 341 g/mol. The maximum absolute atomic E-state index is 12.4. The largest absolute Gasteiger partial charge is 0.346 e. The van der Waals surface area contributed by atoms with Crippen LogP contribution in [0.15, 0.2) is 42.5 Å². The summed E-state index contributed by atoms with van der Waals surface area (Å²) in [5, 5.41) is 2.82. The number of amides is 2. The Kier molecular flexibility index (Phi) is 5.53. The summed E-state index contributed by atoms with van der Waals surface area (Å²) in [5.41, 5.74) is 0.849. The number of hydrogen-bond donors (Lipinski definition) is 1. The van der Waals surface area contributed by atoms with Gasteiger partial charge in [-0.2, -0.15) is 0 Å². The van der Waals surface area contributed by atoms with Crippen LogP contribution in [0.2, 0.25) is 0 Å². The zero-order chi connectivity index (χ0) is 17.7. The van der Waals surface area contributed by atoms with Gasteiger partial charge in [-0.3, -0.25) is 14.5 Å². The van der Waals surface area contributed by atoms with Crippen LogP contribution in [-0.4, -0.2) is 54.3 Å². The number of hydrogen-bond acceptors (Lipinski definition) is 3. The Labute approximate surface area is 149 Å². The fourth-order valence-electron chi connectivity index (χ4n) is 3.47. The lowest BCUT2D eigenvalue weighted by atomic mass is 9.89. The van der Waals surface area contributed by atoms with Crippen molar-refractivity contribution in [3.05, 3.63) is 48.0 Å². The molecule has 1 N–H and O–H groups in total. The van der Waals surface area contributed by atoms with E-state index in [1.807, 2.05) is 30.0 Å². The van der Waals surface area contributed by atoms with Crippen LogP contribution in [0.25, 0.3) is 0 Å². The highest BCUT2D eigenvalue weighted by atomic mass is 16.2. The van der Waals surface area contributed by atoms with Crippen molar-refractivity contribution in [3.8, 4) is 0 Å². The van der Waals surface area contributed by atoms with Gasteiger partial charge in [-0.1, -0.05) is 42.5 Å². The summed E-state index contributed by atoms with van der Waals surface area (Å²) in [7, 11) is 0. The number of carbonyl (C=O) groups is 2. The zero-order valence-electron chi connectivity index (χ0n) is 14.9. The van der Waals surface area contributed by atoms with E-state index < -0.39 is 5.41 Å². The standard InChI is InChI=1S/C20H27N3O2/c1-20(9-5-6-10-20)19(25)21-15-18(24)23-13-11-22(12-14-23)16-17-7-3-2-4-8-17/h2-5,7-9H,6,10-16H2,1H3,(H,21,25). The Hall–Kier alpha value is -2.14. The summed E-state index contributed by atoms with van der Waals surface area (Å²) in [5.74, 6) is -0.0319. The Bertz CT molecular complexity index is 636. The van der Waals surface area contributed by atoms with Crippen molar-refractivity contribution in [2.24, 2.45) is 5.41 Å². The predicted octanol–water partition coefficient (Wildman–Crippen LogP) is 1.80. The van der Waals surface area contributed by atoms with Crippen molar-refractivity contribution in [1.82, 2.24) is 15.1 Å². The molecule has 0 aromatic heterocycles. The molecular weight excluding hydrogens is 314 g/mol. The van der Waals surface area contributed by atoms with E-state index in [2.05, 4.69) is 34.5 Å². The van der Waals surface area contributed by atoms with Crippen molar-refractivity contribution in [2.45, 2.75) is 26.3 Å². The Balaban J connectivity index is 1.41. The minimum Gasteiger partial charge on any atom is -0.346 e. The summed E-state index contributed by atoms with van der Waals surface area (Å²) < 4.78 is 0. The summed E-state index contributed by atoms with van der Waals surface area (Å²) in [6, 6.07) is 10.4. The third kappa shape index (κ3) is 4.48. The van der Waals surface area contributed by atoms with Crippen LogP contribution in [-0.2, 0) is 16.1 Å². The van der Waals surface area contributed by atoms with Crippen molar-refractivity contribution >= 4 is 11.8 Å². The fraction of sp³-hybridized carbons (Fsp3) is 0.500. The first-order chi connectivity index (χ1) is 12.1. The van der Waals surface area contributed by atoms with Crippen LogP contribution in [0.1, 0.15) is 25.3 Å². The Morgan fingerprint density at radius 2 is 1.84 bits per heavy atom. The lowest BCUT2D eigenvalue weighted by Gasteiger charge is -2.35. The number of nitrogens with zero attached hydrogens (tertiary/aromatic N) is 2. The average molecular weight is 341 g/mol. The van der Waals surface area contributed by atoms with Gasteiger partial charge in [-0.25, -0.2) is 0 Å². The van der Waals surface area contributed by atoms with Crippen molar-refractivity contribution < 1.29 is 9.59 Å². The molecule has 1 aliphatic heterocycles. The van der Waals surface area contributed by atoms with Crippen LogP contribution >= 0.6 is 0 Å². The van der Waals surface area contributed by atoms with Gasteiger partial charge in [-0.15, -0.1) is 0 Å². The topological polar surface area (TPSA) is 52.7 Å². The average Bonchev–Trinajstić information content (AvgIpc) is 3.09. The molecule has 0 spiro atoms. The van der Waals surface area contributed by atoms with E-state index in [0.717, 1.165) is 45.6 Å². The van der Waals surface area contributed by atoms with Crippen molar-refractivity contribution in [3.63, 3.8) is 0 Å². The summed E-state index contributed by atoms with van der Waals surface area (Å²) in [6.07, 6.45) is 5.74. The molecule has 1 aliphatic carbocycles. The smallest absolute Gasteiger partial charge is 0.242 e. The van der Waals surface area contributed by atoms with Gasteiger partial charge >= 0.3 is 0 Å². The van der Waals surface area contributed by atoms with Crippen LogP contribution in [0.5, 0.6) is 0 Å². The third-order valence-electron chi connectivity index (χ3n) is 5.21. The number of carbonyl (C=O) groups excluding carboxylic acids is 2. The maximum Gasteiger partial charge on any atom is 0.242 e. The fourth-order valence-corrected chi connectivity index (χ4v) is 3.47. The van der Waals surface area contributed by atoms with E-state index in [1.54, 1.807) is 0 Å². The molecule has 0 bridgehead atoms. The molecule has 5 nitrogen and oxygen atoms in total. The molecule has 2 amide bonds. The predicted molar refractivity (Wildman–Crippen MR) is 97.8 cm³/mol. The molecule has 1 aromatic rings. The van der Waals surface area contributed by atoms with Gasteiger partial charge in [0, 0.05) is 32.7 Å². The van der Waals surface area contributed by atoms with E-state index in [0.29, 0.717) is 0 Å². The number of piperazine rings is 1. The molecule has 25 heavy (non-hydrogen) atoms. The normalized spacial score (nSPS) is 23.6. The van der Waals surface area contributed by atoms with Gasteiger partial charge in [0.2, 0.25) is 11.8 Å². The van der Waals surface area contributed by atoms with Crippen LogP contribution < -0.4 is 5.32 Å². The van der Waals surface area contributed by atoms with E-state index in [-0.39, 0.29) is 18.4 Å². The molecule has 3 rings (SSSR count). The van der Waals surface area contributed by atoms with Crippen molar-refractivity contribution in [1.29, 1.82) is 0 Å². The summed E-state index contributed by atoms with van der Waals surface area (Å²) in [4.78, 5) is 28.8. The SMILES string of the molecule is CC1(C(=O)NCC(=O)N2CCN(Cc3ccccc3)CC2)C=CCC1. The van der Waals surface area contributed by atoms with E-state index in [1.165, 1.54) is 5.56 Å². The minimum atomic E-state index is -0.450. The van der Waals surface area contributed by atoms with Gasteiger partial charge < -0.3 is 10.2 Å². The third-order valence-corrected chi connectivity index (χ3v) is 5.21. The highest BCUT2D eigenvalue weighted by Gasteiger charge is 2.33. The minimum absolute atomic E-state index is 0.0123. The van der Waals surface area contributed by atoms with Gasteiger partial charge in [0.05, 0.1) is 12.0 Å². The molecule has 0 saturated carbocycles. The Morgan fingerprint density at radius 1 is 1.12 bits per heavy atom. The van der Waals surface area contributed by atoms with Gasteiger partial charge in [0.25, 0.3) is 0 Å². The summed E-state index contributed by atoms with van der Waals surface area (Å²) in [6.45, 7) is 6.13. The molecule has 1 heterocycles. The van der Waals surface area contributed by atoms with Crippen LogP contribution in [0.3, 0.4) is 0 Å². The molecule has 5 heteroatoms. The molecule has 1 atom stereocenters. The van der Waals surface area contributed by atoms with Crippen LogP contribution in [0, 0.1) is 5.41 Å². The number of allylic oxidation sites excluding steroid dienone is 1. The van der Waals surface area contributed by atoms with Gasteiger partial charge in [0.1, 0.15) is 0 Å². The van der Waals surface area contributed by atoms with E-state index in [4.69, 9.17) is 0 Å². The quantitative estimate of drug-likeness (QED) is 0.831. The van der Waals surface area contributed by atoms with Gasteiger partial charge in [0.15, 0.2) is 0 Å². The lowest BCUT2D eigenvalue weighted by Crippen LogP contribution is -2.51. The first-order valence-corrected chi connectivity index (χ1v) is 9.07. The molecular formula is C20H27N3O2. The number of nitrogens with one attached hydrogen (secondary N) is 1. The lowest BCUT2D eigenvalue weighted by molar-refractivity contribution is -0.136. The molecule has 1 aromatic carbocycles. The molecule has 134 valence electrons. The number of rotatable bonds is 5. The Morgan fingerprint density at radius 3 is 2.48 bits per heavy atom. The maximum atomic E-state index is 12.4. The highest BCUT2D eigenvalue weighted by Crippen LogP contribution is 2.31. The molecule has 0 radical (unpaired) electrons. The molecule has 2 aliphatic rings. The second-order valence-electron chi connectivity index (χ2n) is 7.18.